The summed E-state index contributed by atoms with van der Waals surface area (Å²) in [6.45, 7) is 0.277. The van der Waals surface area contributed by atoms with Crippen molar-refractivity contribution < 1.29 is 22.7 Å². The second kappa shape index (κ2) is 8.19. The summed E-state index contributed by atoms with van der Waals surface area (Å²) in [4.78, 5) is 25.3. The Labute approximate surface area is 153 Å². The van der Waals surface area contributed by atoms with Gasteiger partial charge in [-0.3, -0.25) is 9.10 Å². The number of carbonyl (C=O) groups excluding carboxylic acids is 2. The lowest BCUT2D eigenvalue weighted by Crippen LogP contribution is -2.34. The molecule has 1 heterocycles. The fraction of sp³-hybridized carbons (Fsp3) is 0.471. The summed E-state index contributed by atoms with van der Waals surface area (Å²) < 4.78 is 30.1. The summed E-state index contributed by atoms with van der Waals surface area (Å²) in [5.41, 5.74) is 1.60. The number of benzene rings is 1. The molecule has 1 aliphatic heterocycles. The van der Waals surface area contributed by atoms with Crippen molar-refractivity contribution in [2.75, 3.05) is 37.3 Å². The highest BCUT2D eigenvalue weighted by molar-refractivity contribution is 7.92. The summed E-state index contributed by atoms with van der Waals surface area (Å²) in [5, 5.41) is 8.52. The lowest BCUT2D eigenvalue weighted by molar-refractivity contribution is -0.133. The van der Waals surface area contributed by atoms with E-state index in [0.717, 1.165) is 11.8 Å². The SMILES string of the molecule is CN(CCC#N)C(=O)COC(=O)c1ccc2c(c1)CCCN2S(C)(=O)=O. The Hall–Kier alpha value is -2.60. The third-order valence-corrected chi connectivity index (χ3v) is 5.28. The molecule has 1 aliphatic rings. The molecule has 2 rings (SSSR count). The van der Waals surface area contributed by atoms with Crippen molar-refractivity contribution in [3.8, 4) is 6.07 Å². The van der Waals surface area contributed by atoms with Crippen molar-refractivity contribution in [1.29, 1.82) is 5.26 Å². The van der Waals surface area contributed by atoms with E-state index in [1.165, 1.54) is 22.3 Å². The van der Waals surface area contributed by atoms with E-state index in [4.69, 9.17) is 10.00 Å². The number of esters is 1. The maximum absolute atomic E-state index is 12.2. The van der Waals surface area contributed by atoms with Crippen molar-refractivity contribution in [2.24, 2.45) is 0 Å². The van der Waals surface area contributed by atoms with Crippen LogP contribution in [0.2, 0.25) is 0 Å². The second-order valence-electron chi connectivity index (χ2n) is 6.08. The summed E-state index contributed by atoms with van der Waals surface area (Å²) in [5.74, 6) is -1.04. The van der Waals surface area contributed by atoms with Gasteiger partial charge in [-0.25, -0.2) is 13.2 Å². The number of likely N-dealkylation sites (N-methyl/N-ethyl adjacent to an activating group) is 1. The average molecular weight is 379 g/mol. The first-order valence-electron chi connectivity index (χ1n) is 8.12. The largest absolute Gasteiger partial charge is 0.452 e. The summed E-state index contributed by atoms with van der Waals surface area (Å²) >= 11 is 0. The standard InChI is InChI=1S/C17H21N3O5S/c1-19(9-4-8-18)16(21)12-25-17(22)14-6-7-15-13(11-14)5-3-10-20(15)26(2,23)24/h6-7,11H,3-5,9-10,12H2,1-2H3. The van der Waals surface area contributed by atoms with Gasteiger partial charge in [-0.05, 0) is 36.6 Å². The molecule has 8 nitrogen and oxygen atoms in total. The molecule has 0 N–H and O–H groups in total. The Bertz CT molecular complexity index is 844. The number of fused-ring (bicyclic) bond motifs is 1. The summed E-state index contributed by atoms with van der Waals surface area (Å²) in [7, 11) is -1.83. The van der Waals surface area contributed by atoms with Crippen LogP contribution < -0.4 is 4.31 Å². The number of rotatable bonds is 6. The molecule has 0 saturated carbocycles. The normalized spacial score (nSPS) is 13.5. The van der Waals surface area contributed by atoms with Gasteiger partial charge >= 0.3 is 5.97 Å². The number of nitrogens with zero attached hydrogens (tertiary/aromatic N) is 3. The van der Waals surface area contributed by atoms with Gasteiger partial charge in [0, 0.05) is 20.1 Å². The van der Waals surface area contributed by atoms with Crippen molar-refractivity contribution >= 4 is 27.6 Å². The zero-order chi connectivity index (χ0) is 19.3. The Morgan fingerprint density at radius 2 is 2.12 bits per heavy atom. The number of ether oxygens (including phenoxy) is 1. The number of hydrogen-bond donors (Lipinski definition) is 0. The van der Waals surface area contributed by atoms with Gasteiger partial charge < -0.3 is 9.64 Å². The van der Waals surface area contributed by atoms with Gasteiger partial charge in [0.15, 0.2) is 6.61 Å². The molecule has 0 unspecified atom stereocenters. The molecule has 0 saturated heterocycles. The maximum atomic E-state index is 12.2. The monoisotopic (exact) mass is 379 g/mol. The number of nitriles is 1. The molecule has 0 aliphatic carbocycles. The van der Waals surface area contributed by atoms with Gasteiger partial charge in [0.1, 0.15) is 0 Å². The van der Waals surface area contributed by atoms with Gasteiger partial charge in [0.05, 0.1) is 30.0 Å². The highest BCUT2D eigenvalue weighted by Crippen LogP contribution is 2.30. The Kier molecular flexibility index (Phi) is 6.21. The first-order valence-corrected chi connectivity index (χ1v) is 9.97. The van der Waals surface area contributed by atoms with Crippen LogP contribution in [-0.2, 0) is 26.0 Å². The van der Waals surface area contributed by atoms with Crippen molar-refractivity contribution in [1.82, 2.24) is 4.90 Å². The maximum Gasteiger partial charge on any atom is 0.338 e. The van der Waals surface area contributed by atoms with Crippen LogP contribution in [0.5, 0.6) is 0 Å². The third-order valence-electron chi connectivity index (χ3n) is 4.10. The molecule has 26 heavy (non-hydrogen) atoms. The van der Waals surface area contributed by atoms with Crippen LogP contribution in [-0.4, -0.2) is 58.2 Å². The summed E-state index contributed by atoms with van der Waals surface area (Å²) in [6.07, 6.45) is 2.69. The molecule has 9 heteroatoms. The molecule has 1 aromatic carbocycles. The first kappa shape index (κ1) is 19.7. The minimum Gasteiger partial charge on any atom is -0.452 e. The molecule has 0 atom stereocenters. The third kappa shape index (κ3) is 4.73. The quantitative estimate of drug-likeness (QED) is 0.681. The van der Waals surface area contributed by atoms with Gasteiger partial charge in [-0.1, -0.05) is 0 Å². The van der Waals surface area contributed by atoms with Crippen LogP contribution in [0, 0.1) is 11.3 Å². The predicted molar refractivity (Wildman–Crippen MR) is 95.1 cm³/mol. The molecule has 1 amide bonds. The molecule has 1 aromatic rings. The van der Waals surface area contributed by atoms with Crippen molar-refractivity contribution in [2.45, 2.75) is 19.3 Å². The first-order chi connectivity index (χ1) is 12.2. The smallest absolute Gasteiger partial charge is 0.338 e. The average Bonchev–Trinajstić information content (AvgIpc) is 2.61. The van der Waals surface area contributed by atoms with E-state index in [1.807, 2.05) is 6.07 Å². The molecule has 0 radical (unpaired) electrons. The Morgan fingerprint density at radius 1 is 1.38 bits per heavy atom. The topological polar surface area (TPSA) is 108 Å². The Morgan fingerprint density at radius 3 is 2.77 bits per heavy atom. The summed E-state index contributed by atoms with van der Waals surface area (Å²) in [6, 6.07) is 6.63. The molecule has 0 spiro atoms. The lowest BCUT2D eigenvalue weighted by Gasteiger charge is -2.29. The fourth-order valence-corrected chi connectivity index (χ4v) is 3.69. The fourth-order valence-electron chi connectivity index (χ4n) is 2.70. The van der Waals surface area contributed by atoms with Crippen LogP contribution in [0.15, 0.2) is 18.2 Å². The van der Waals surface area contributed by atoms with E-state index in [2.05, 4.69) is 0 Å². The van der Waals surface area contributed by atoms with Crippen LogP contribution >= 0.6 is 0 Å². The van der Waals surface area contributed by atoms with E-state index in [-0.39, 0.29) is 18.5 Å². The highest BCUT2D eigenvalue weighted by atomic mass is 32.2. The van der Waals surface area contributed by atoms with E-state index < -0.39 is 28.5 Å². The van der Waals surface area contributed by atoms with E-state index in [9.17, 15) is 18.0 Å². The van der Waals surface area contributed by atoms with Gasteiger partial charge in [0.25, 0.3) is 5.91 Å². The molecular formula is C17H21N3O5S. The minimum absolute atomic E-state index is 0.206. The zero-order valence-electron chi connectivity index (χ0n) is 14.8. The molecule has 0 bridgehead atoms. The van der Waals surface area contributed by atoms with Gasteiger partial charge in [0.2, 0.25) is 10.0 Å². The van der Waals surface area contributed by atoms with Gasteiger partial charge in [-0.15, -0.1) is 0 Å². The number of hydrogen-bond acceptors (Lipinski definition) is 6. The number of carbonyl (C=O) groups is 2. The number of sulfonamides is 1. The van der Waals surface area contributed by atoms with E-state index >= 15 is 0 Å². The molecular weight excluding hydrogens is 358 g/mol. The van der Waals surface area contributed by atoms with Crippen molar-refractivity contribution in [3.05, 3.63) is 29.3 Å². The zero-order valence-corrected chi connectivity index (χ0v) is 15.6. The highest BCUT2D eigenvalue weighted by Gasteiger charge is 2.25. The van der Waals surface area contributed by atoms with Crippen LogP contribution in [0.3, 0.4) is 0 Å². The second-order valence-corrected chi connectivity index (χ2v) is 7.99. The van der Waals surface area contributed by atoms with Gasteiger partial charge in [-0.2, -0.15) is 5.26 Å². The van der Waals surface area contributed by atoms with E-state index in [0.29, 0.717) is 25.1 Å². The predicted octanol–water partition coefficient (Wildman–Crippen LogP) is 0.928. The number of aryl methyl sites for hydroxylation is 1. The molecule has 0 aromatic heterocycles. The van der Waals surface area contributed by atoms with Crippen LogP contribution in [0.25, 0.3) is 0 Å². The number of amides is 1. The Balaban J connectivity index is 2.05. The molecule has 140 valence electrons. The lowest BCUT2D eigenvalue weighted by atomic mass is 10.0. The van der Waals surface area contributed by atoms with Crippen LogP contribution in [0.4, 0.5) is 5.69 Å². The van der Waals surface area contributed by atoms with E-state index in [1.54, 1.807) is 12.1 Å². The minimum atomic E-state index is -3.37. The van der Waals surface area contributed by atoms with Crippen LogP contribution in [0.1, 0.15) is 28.8 Å². The number of anilines is 1. The van der Waals surface area contributed by atoms with Crippen molar-refractivity contribution in [3.63, 3.8) is 0 Å². The molecule has 0 fully saturated rings.